The Bertz CT molecular complexity index is 966. The molecule has 146 valence electrons. The summed E-state index contributed by atoms with van der Waals surface area (Å²) in [5.41, 5.74) is 2.32. The largest absolute Gasteiger partial charge is 0.361 e. The summed E-state index contributed by atoms with van der Waals surface area (Å²) in [5.74, 6) is 1.39. The number of benzene rings is 1. The van der Waals surface area contributed by atoms with Crippen LogP contribution in [0.3, 0.4) is 0 Å². The van der Waals surface area contributed by atoms with E-state index in [1.807, 2.05) is 37.4 Å². The van der Waals surface area contributed by atoms with Gasteiger partial charge in [0.1, 0.15) is 11.2 Å². The Balaban J connectivity index is 1.19. The topological polar surface area (TPSA) is 86.4 Å². The van der Waals surface area contributed by atoms with Gasteiger partial charge in [-0.15, -0.1) is 23.5 Å². The molecule has 1 aromatic heterocycles. The quantitative estimate of drug-likeness (QED) is 0.650. The highest BCUT2D eigenvalue weighted by Gasteiger charge is 2.36. The van der Waals surface area contributed by atoms with Crippen LogP contribution in [0.4, 0.5) is 0 Å². The summed E-state index contributed by atoms with van der Waals surface area (Å²) in [6, 6.07) is 8.15. The minimum Gasteiger partial charge on any atom is -0.361 e. The Morgan fingerprint density at radius 3 is 3.11 bits per heavy atom. The van der Waals surface area contributed by atoms with Crippen LogP contribution >= 0.6 is 23.5 Å². The number of fused-ring (bicyclic) bond motifs is 2. The molecule has 6 nitrogen and oxygen atoms in total. The smallest absolute Gasteiger partial charge is 0.235 e. The van der Waals surface area contributed by atoms with Gasteiger partial charge in [0.05, 0.1) is 17.4 Å². The van der Waals surface area contributed by atoms with Crippen molar-refractivity contribution >= 4 is 52.1 Å². The van der Waals surface area contributed by atoms with Crippen LogP contribution < -0.4 is 10.6 Å². The molecule has 0 aliphatic carbocycles. The van der Waals surface area contributed by atoms with Gasteiger partial charge in [0.25, 0.3) is 0 Å². The zero-order valence-electron chi connectivity index (χ0n) is 15.5. The van der Waals surface area contributed by atoms with E-state index in [0.717, 1.165) is 16.8 Å². The first-order valence-corrected chi connectivity index (χ1v) is 11.3. The number of amides is 2. The van der Waals surface area contributed by atoms with Crippen molar-refractivity contribution in [1.82, 2.24) is 15.6 Å². The van der Waals surface area contributed by atoms with Crippen LogP contribution in [0, 0.1) is 5.92 Å². The first-order valence-electron chi connectivity index (χ1n) is 9.22. The zero-order valence-corrected chi connectivity index (χ0v) is 17.2. The minimum absolute atomic E-state index is 0.00166. The lowest BCUT2D eigenvalue weighted by Gasteiger charge is -2.22. The van der Waals surface area contributed by atoms with Gasteiger partial charge in [0, 0.05) is 23.6 Å². The molecule has 0 fully saturated rings. The maximum Gasteiger partial charge on any atom is 0.235 e. The Hall–Kier alpha value is -2.19. The number of carbonyl (C=O) groups is 2. The fourth-order valence-corrected chi connectivity index (χ4v) is 5.27. The second-order valence-corrected chi connectivity index (χ2v) is 9.18. The zero-order chi connectivity index (χ0) is 19.5. The Morgan fingerprint density at radius 1 is 1.36 bits per heavy atom. The molecule has 3 heterocycles. The van der Waals surface area contributed by atoms with Crippen LogP contribution in [0.15, 0.2) is 46.4 Å². The normalized spacial score (nSPS) is 21.1. The van der Waals surface area contributed by atoms with Gasteiger partial charge in [-0.3, -0.25) is 14.6 Å². The number of aromatic nitrogens is 1. The van der Waals surface area contributed by atoms with Crippen LogP contribution in [0.1, 0.15) is 12.5 Å². The first-order chi connectivity index (χ1) is 13.6. The first kappa shape index (κ1) is 19.1. The van der Waals surface area contributed by atoms with Crippen LogP contribution in [0.25, 0.3) is 10.9 Å². The van der Waals surface area contributed by atoms with E-state index in [1.54, 1.807) is 11.8 Å². The van der Waals surface area contributed by atoms with E-state index in [9.17, 15) is 9.59 Å². The number of nitrogens with one attached hydrogen (secondary N) is 3. The second kappa shape index (κ2) is 8.45. The molecule has 2 amide bonds. The standard InChI is InChI=1S/C20H22N4O2S2/c1-12-8-15-19(26)23-17(24-20(15)28-12)10-27-11-18(25)21-7-6-13-9-22-16-5-3-2-4-14(13)16/h2-5,8-9,15,20,22H,6-7,10-11H2,1H3,(H,21,25)(H,23,24,26)/t15-,20+/m0/s1. The lowest BCUT2D eigenvalue weighted by Crippen LogP contribution is -2.44. The second-order valence-electron chi connectivity index (χ2n) is 6.83. The number of para-hydroxylation sites is 1. The van der Waals surface area contributed by atoms with Gasteiger partial charge in [-0.05, 0) is 29.9 Å². The maximum absolute atomic E-state index is 12.1. The van der Waals surface area contributed by atoms with Crippen molar-refractivity contribution in [3.63, 3.8) is 0 Å². The average molecular weight is 415 g/mol. The summed E-state index contributed by atoms with van der Waals surface area (Å²) in [7, 11) is 0. The van der Waals surface area contributed by atoms with Crippen molar-refractivity contribution in [2.75, 3.05) is 18.1 Å². The van der Waals surface area contributed by atoms with Gasteiger partial charge in [0.15, 0.2) is 0 Å². The molecule has 28 heavy (non-hydrogen) atoms. The SMILES string of the molecule is CC1=C[C@H]2C(=O)NC(CSCC(=O)NCCc3c[nH]c4ccccc34)=N[C@@H]2S1. The van der Waals surface area contributed by atoms with E-state index >= 15 is 0 Å². The van der Waals surface area contributed by atoms with Crippen molar-refractivity contribution < 1.29 is 9.59 Å². The van der Waals surface area contributed by atoms with Gasteiger partial charge in [-0.1, -0.05) is 24.3 Å². The summed E-state index contributed by atoms with van der Waals surface area (Å²) in [6.45, 7) is 2.60. The Morgan fingerprint density at radius 2 is 2.21 bits per heavy atom. The van der Waals surface area contributed by atoms with Crippen LogP contribution in [-0.4, -0.2) is 46.1 Å². The number of hydrogen-bond acceptors (Lipinski definition) is 5. The van der Waals surface area contributed by atoms with Crippen LogP contribution in [-0.2, 0) is 16.0 Å². The monoisotopic (exact) mass is 414 g/mol. The average Bonchev–Trinajstić information content (AvgIpc) is 3.25. The highest BCUT2D eigenvalue weighted by Crippen LogP contribution is 2.38. The third-order valence-electron chi connectivity index (χ3n) is 4.74. The van der Waals surface area contributed by atoms with E-state index in [0.29, 0.717) is 23.9 Å². The minimum atomic E-state index is -0.161. The summed E-state index contributed by atoms with van der Waals surface area (Å²) >= 11 is 3.09. The van der Waals surface area contributed by atoms with E-state index in [1.165, 1.54) is 22.7 Å². The molecule has 4 rings (SSSR count). The van der Waals surface area contributed by atoms with Crippen LogP contribution in [0.2, 0.25) is 0 Å². The number of allylic oxidation sites excluding steroid dienone is 1. The highest BCUT2D eigenvalue weighted by atomic mass is 32.2. The lowest BCUT2D eigenvalue weighted by atomic mass is 10.1. The number of aromatic amines is 1. The third-order valence-corrected chi connectivity index (χ3v) is 6.84. The molecule has 0 unspecified atom stereocenters. The molecule has 0 radical (unpaired) electrons. The van der Waals surface area contributed by atoms with Crippen molar-refractivity contribution in [2.45, 2.75) is 18.7 Å². The Kier molecular flexibility index (Phi) is 5.77. The fourth-order valence-electron chi connectivity index (χ4n) is 3.40. The predicted molar refractivity (Wildman–Crippen MR) is 117 cm³/mol. The van der Waals surface area contributed by atoms with E-state index in [-0.39, 0.29) is 23.1 Å². The van der Waals surface area contributed by atoms with Gasteiger partial charge < -0.3 is 15.6 Å². The fraction of sp³-hybridized carbons (Fsp3) is 0.350. The summed E-state index contributed by atoms with van der Waals surface area (Å²) in [5, 5.41) is 6.97. The maximum atomic E-state index is 12.1. The van der Waals surface area contributed by atoms with Crippen molar-refractivity contribution in [3.05, 3.63) is 47.0 Å². The predicted octanol–water partition coefficient (Wildman–Crippen LogP) is 2.68. The Labute approximate surface area is 172 Å². The van der Waals surface area contributed by atoms with Crippen molar-refractivity contribution in [3.8, 4) is 0 Å². The number of H-pyrrole nitrogens is 1. The molecule has 2 atom stereocenters. The molecule has 2 aliphatic heterocycles. The molecular formula is C20H22N4O2S2. The van der Waals surface area contributed by atoms with Gasteiger partial charge in [0.2, 0.25) is 11.8 Å². The molecule has 0 saturated carbocycles. The third kappa shape index (κ3) is 4.28. The number of amidine groups is 1. The molecule has 2 aromatic rings. The van der Waals surface area contributed by atoms with Gasteiger partial charge in [-0.2, -0.15) is 0 Å². The van der Waals surface area contributed by atoms with E-state index < -0.39 is 0 Å². The molecule has 8 heteroatoms. The molecule has 3 N–H and O–H groups in total. The molecule has 0 bridgehead atoms. The molecular weight excluding hydrogens is 392 g/mol. The number of aliphatic imine (C=N–C) groups is 1. The number of thioether (sulfide) groups is 2. The van der Waals surface area contributed by atoms with Gasteiger partial charge in [-0.25, -0.2) is 0 Å². The number of rotatable bonds is 7. The number of hydrogen-bond donors (Lipinski definition) is 3. The van der Waals surface area contributed by atoms with Gasteiger partial charge >= 0.3 is 0 Å². The van der Waals surface area contributed by atoms with Crippen LogP contribution in [0.5, 0.6) is 0 Å². The van der Waals surface area contributed by atoms with Crippen molar-refractivity contribution in [2.24, 2.45) is 10.9 Å². The molecule has 1 aromatic carbocycles. The van der Waals surface area contributed by atoms with E-state index in [4.69, 9.17) is 0 Å². The van der Waals surface area contributed by atoms with Crippen molar-refractivity contribution in [1.29, 1.82) is 0 Å². The summed E-state index contributed by atoms with van der Waals surface area (Å²) < 4.78 is 0. The number of nitrogens with zero attached hydrogens (tertiary/aromatic N) is 1. The summed E-state index contributed by atoms with van der Waals surface area (Å²) in [4.78, 5) is 33.2. The number of carbonyl (C=O) groups excluding carboxylic acids is 2. The molecule has 0 saturated heterocycles. The molecule has 2 aliphatic rings. The molecule has 0 spiro atoms. The highest BCUT2D eigenvalue weighted by molar-refractivity contribution is 8.04. The summed E-state index contributed by atoms with van der Waals surface area (Å²) in [6.07, 6.45) is 4.76. The lowest BCUT2D eigenvalue weighted by molar-refractivity contribution is -0.122. The van der Waals surface area contributed by atoms with E-state index in [2.05, 4.69) is 26.7 Å².